The summed E-state index contributed by atoms with van der Waals surface area (Å²) in [6.45, 7) is 1.80. The largest absolute Gasteiger partial charge is 0.291 e. The van der Waals surface area contributed by atoms with Crippen LogP contribution in [0.1, 0.15) is 36.4 Å². The first-order valence-electron chi connectivity index (χ1n) is 11.4. The number of likely N-dealkylation sites (tertiary alicyclic amines) is 1. The predicted molar refractivity (Wildman–Crippen MR) is 132 cm³/mol. The number of hydrogen-bond acceptors (Lipinski definition) is 5. The maximum Gasteiger partial charge on any atom is 0.269 e. The number of fused-ring (bicyclic) bond motifs is 1. The number of sulfonamides is 1. The molecule has 0 bridgehead atoms. The van der Waals surface area contributed by atoms with Gasteiger partial charge in [0.05, 0.1) is 27.2 Å². The fourth-order valence-corrected chi connectivity index (χ4v) is 6.39. The van der Waals surface area contributed by atoms with E-state index in [1.807, 2.05) is 60.7 Å². The minimum absolute atomic E-state index is 0.0196. The fraction of sp³-hybridized carbons (Fsp3) is 0.231. The average molecular weight is 476 g/mol. The summed E-state index contributed by atoms with van der Waals surface area (Å²) in [5, 5.41) is 11.1. The van der Waals surface area contributed by atoms with Crippen LogP contribution < -0.4 is 4.31 Å². The van der Waals surface area contributed by atoms with Crippen LogP contribution >= 0.6 is 0 Å². The summed E-state index contributed by atoms with van der Waals surface area (Å²) >= 11 is 0. The lowest BCUT2D eigenvalue weighted by molar-refractivity contribution is -0.384. The highest BCUT2D eigenvalue weighted by Crippen LogP contribution is 2.49. The molecule has 0 N–H and O–H groups in total. The molecule has 2 aliphatic heterocycles. The van der Waals surface area contributed by atoms with Gasteiger partial charge in [-0.15, -0.1) is 0 Å². The monoisotopic (exact) mass is 475 g/mol. The molecule has 34 heavy (non-hydrogen) atoms. The lowest BCUT2D eigenvalue weighted by Crippen LogP contribution is -2.36. The third-order valence-corrected chi connectivity index (χ3v) is 8.18. The van der Waals surface area contributed by atoms with E-state index in [0.717, 1.165) is 37.1 Å². The molecule has 0 amide bonds. The van der Waals surface area contributed by atoms with Gasteiger partial charge >= 0.3 is 0 Å². The summed E-state index contributed by atoms with van der Waals surface area (Å²) in [6, 6.07) is 22.2. The van der Waals surface area contributed by atoms with Crippen LogP contribution in [0.15, 0.2) is 89.5 Å². The van der Waals surface area contributed by atoms with E-state index in [4.69, 9.17) is 0 Å². The molecule has 1 atom stereocenters. The smallest absolute Gasteiger partial charge is 0.269 e. The van der Waals surface area contributed by atoms with Crippen molar-refractivity contribution < 1.29 is 13.3 Å². The third-order valence-electron chi connectivity index (χ3n) is 6.42. The number of nitrogens with zero attached hydrogens (tertiary/aromatic N) is 3. The topological polar surface area (TPSA) is 83.8 Å². The highest BCUT2D eigenvalue weighted by atomic mass is 32.2. The van der Waals surface area contributed by atoms with Crippen molar-refractivity contribution in [2.45, 2.75) is 30.2 Å². The molecular formula is C26H25N3O4S. The van der Waals surface area contributed by atoms with Gasteiger partial charge in [-0.2, -0.15) is 0 Å². The summed E-state index contributed by atoms with van der Waals surface area (Å²) in [5.74, 6) is 0. The van der Waals surface area contributed by atoms with E-state index in [2.05, 4.69) is 4.90 Å². The number of non-ortho nitro benzene ring substituents is 1. The second-order valence-corrected chi connectivity index (χ2v) is 10.3. The van der Waals surface area contributed by atoms with Gasteiger partial charge < -0.3 is 0 Å². The highest BCUT2D eigenvalue weighted by molar-refractivity contribution is 7.93. The molecular weight excluding hydrogens is 450 g/mol. The molecule has 7 nitrogen and oxygen atoms in total. The van der Waals surface area contributed by atoms with E-state index in [1.165, 1.54) is 35.0 Å². The van der Waals surface area contributed by atoms with E-state index in [-0.39, 0.29) is 16.6 Å². The van der Waals surface area contributed by atoms with Crippen LogP contribution in [-0.2, 0) is 10.0 Å². The number of hydrogen-bond donors (Lipinski definition) is 0. The van der Waals surface area contributed by atoms with Crippen LogP contribution in [0, 0.1) is 10.1 Å². The van der Waals surface area contributed by atoms with Crippen molar-refractivity contribution in [3.63, 3.8) is 0 Å². The van der Waals surface area contributed by atoms with Gasteiger partial charge in [-0.05, 0) is 55.8 Å². The predicted octanol–water partition coefficient (Wildman–Crippen LogP) is 5.37. The van der Waals surface area contributed by atoms with Crippen molar-refractivity contribution in [3.05, 3.63) is 106 Å². The van der Waals surface area contributed by atoms with Gasteiger partial charge in [0.1, 0.15) is 0 Å². The first-order valence-corrected chi connectivity index (χ1v) is 12.8. The molecule has 3 aromatic rings. The van der Waals surface area contributed by atoms with Crippen LogP contribution in [0.3, 0.4) is 0 Å². The number of piperidine rings is 1. The normalized spacial score (nSPS) is 19.8. The van der Waals surface area contributed by atoms with Gasteiger partial charge in [0.2, 0.25) is 0 Å². The van der Waals surface area contributed by atoms with E-state index >= 15 is 0 Å². The Kier molecular flexibility index (Phi) is 5.93. The maximum absolute atomic E-state index is 14.0. The van der Waals surface area contributed by atoms with Crippen LogP contribution in [0.4, 0.5) is 11.4 Å². The Balaban J connectivity index is 1.68. The van der Waals surface area contributed by atoms with Crippen molar-refractivity contribution in [1.29, 1.82) is 0 Å². The Morgan fingerprint density at radius 2 is 1.50 bits per heavy atom. The first kappa shape index (κ1) is 22.3. The summed E-state index contributed by atoms with van der Waals surface area (Å²) in [5.41, 5.74) is 3.02. The zero-order chi connectivity index (χ0) is 23.7. The quantitative estimate of drug-likeness (QED) is 0.366. The molecule has 5 rings (SSSR count). The van der Waals surface area contributed by atoms with E-state index in [0.29, 0.717) is 11.4 Å². The molecule has 0 aromatic heterocycles. The van der Waals surface area contributed by atoms with Crippen molar-refractivity contribution in [2.75, 3.05) is 17.4 Å². The number of rotatable bonds is 5. The molecule has 0 aliphatic carbocycles. The van der Waals surface area contributed by atoms with Crippen LogP contribution in [0.5, 0.6) is 0 Å². The lowest BCUT2D eigenvalue weighted by Gasteiger charge is -2.34. The lowest BCUT2D eigenvalue weighted by atomic mass is 10.00. The van der Waals surface area contributed by atoms with E-state index < -0.39 is 14.9 Å². The van der Waals surface area contributed by atoms with E-state index in [1.54, 1.807) is 0 Å². The molecule has 1 unspecified atom stereocenters. The molecule has 174 valence electrons. The molecule has 8 heteroatoms. The number of nitro benzene ring substituents is 1. The molecule has 2 aliphatic rings. The van der Waals surface area contributed by atoms with Crippen LogP contribution in [-0.4, -0.2) is 31.3 Å². The third kappa shape index (κ3) is 3.99. The second-order valence-electron chi connectivity index (χ2n) is 8.56. The Morgan fingerprint density at radius 3 is 2.18 bits per heavy atom. The standard InChI is InChI=1S/C26H25N3O4S/c30-29(31)21-13-15-22(16-14-21)34(32,33)28-24-12-6-5-11-23(24)26(27-17-7-2-8-18-27)25(28)19-20-9-3-1-4-10-20/h1,3-6,9-16,19,26H,2,7-8,17-18H2/b25-19-. The molecule has 1 saturated heterocycles. The summed E-state index contributed by atoms with van der Waals surface area (Å²) in [4.78, 5) is 12.9. The Bertz CT molecular complexity index is 1330. The molecule has 3 aromatic carbocycles. The highest BCUT2D eigenvalue weighted by Gasteiger charge is 2.43. The maximum atomic E-state index is 14.0. The number of para-hydroxylation sites is 1. The first-order chi connectivity index (χ1) is 16.5. The van der Waals surface area contributed by atoms with Gasteiger partial charge in [0.15, 0.2) is 0 Å². The molecule has 2 heterocycles. The molecule has 1 fully saturated rings. The van der Waals surface area contributed by atoms with Gasteiger partial charge in [0, 0.05) is 17.7 Å². The molecule has 0 radical (unpaired) electrons. The van der Waals surface area contributed by atoms with Gasteiger partial charge in [0.25, 0.3) is 15.7 Å². The Morgan fingerprint density at radius 1 is 0.853 bits per heavy atom. The van der Waals surface area contributed by atoms with Gasteiger partial charge in [-0.1, -0.05) is 55.0 Å². The van der Waals surface area contributed by atoms with E-state index in [9.17, 15) is 18.5 Å². The molecule has 0 saturated carbocycles. The second kappa shape index (κ2) is 9.04. The van der Waals surface area contributed by atoms with Crippen LogP contribution in [0.2, 0.25) is 0 Å². The van der Waals surface area contributed by atoms with Crippen molar-refractivity contribution in [1.82, 2.24) is 4.90 Å². The van der Waals surface area contributed by atoms with Crippen molar-refractivity contribution >= 4 is 27.5 Å². The van der Waals surface area contributed by atoms with Crippen LogP contribution in [0.25, 0.3) is 6.08 Å². The summed E-state index contributed by atoms with van der Waals surface area (Å²) in [6.07, 6.45) is 5.27. The zero-order valence-corrected chi connectivity index (χ0v) is 19.4. The number of benzene rings is 3. The summed E-state index contributed by atoms with van der Waals surface area (Å²) in [7, 11) is -4.02. The Hall–Kier alpha value is -3.49. The zero-order valence-electron chi connectivity index (χ0n) is 18.6. The van der Waals surface area contributed by atoms with Crippen molar-refractivity contribution in [3.8, 4) is 0 Å². The van der Waals surface area contributed by atoms with Gasteiger partial charge in [-0.25, -0.2) is 12.7 Å². The number of nitro groups is 1. The van der Waals surface area contributed by atoms with Crippen molar-refractivity contribution in [2.24, 2.45) is 0 Å². The SMILES string of the molecule is O=[N+]([O-])c1ccc(S(=O)(=O)N2/C(=C\c3ccccc3)C(N3CCCCC3)c3ccccc32)cc1. The molecule has 0 spiro atoms. The average Bonchev–Trinajstić information content (AvgIpc) is 3.19. The van der Waals surface area contributed by atoms with Gasteiger partial charge in [-0.3, -0.25) is 15.0 Å². The minimum atomic E-state index is -4.02. The number of anilines is 1. The fourth-order valence-electron chi connectivity index (χ4n) is 4.84. The minimum Gasteiger partial charge on any atom is -0.291 e. The Labute approximate surface area is 199 Å². The summed E-state index contributed by atoms with van der Waals surface area (Å²) < 4.78 is 29.4.